The molecule has 2 aromatic carbocycles. The summed E-state index contributed by atoms with van der Waals surface area (Å²) in [5, 5.41) is 5.50. The molecule has 0 radical (unpaired) electrons. The molecule has 3 rings (SSSR count). The van der Waals surface area contributed by atoms with E-state index in [4.69, 9.17) is 4.74 Å². The van der Waals surface area contributed by atoms with Crippen LogP contribution < -0.4 is 10.1 Å². The lowest BCUT2D eigenvalue weighted by atomic mass is 10.1. The molecule has 0 spiro atoms. The van der Waals surface area contributed by atoms with Crippen molar-refractivity contribution in [3.8, 4) is 5.75 Å². The normalized spacial score (nSPS) is 10.6. The summed E-state index contributed by atoms with van der Waals surface area (Å²) in [5.41, 5.74) is 1.87. The van der Waals surface area contributed by atoms with E-state index >= 15 is 0 Å². The molecule has 0 bridgehead atoms. The summed E-state index contributed by atoms with van der Waals surface area (Å²) < 4.78 is 18.6. The van der Waals surface area contributed by atoms with Crippen molar-refractivity contribution in [2.75, 3.05) is 12.4 Å². The van der Waals surface area contributed by atoms with E-state index in [9.17, 15) is 4.39 Å². The molecule has 0 atom stereocenters. The lowest BCUT2D eigenvalue weighted by Crippen LogP contribution is -2.01. The molecule has 3 aromatic rings. The van der Waals surface area contributed by atoms with Gasteiger partial charge in [-0.25, -0.2) is 4.39 Å². The Morgan fingerprint density at radius 2 is 2.10 bits per heavy atom. The van der Waals surface area contributed by atoms with Crippen LogP contribution in [0.25, 0.3) is 10.8 Å². The molecule has 0 aliphatic heterocycles. The van der Waals surface area contributed by atoms with E-state index in [0.717, 1.165) is 22.0 Å². The molecule has 0 unspecified atom stereocenters. The Labute approximate surface area is 122 Å². The van der Waals surface area contributed by atoms with Gasteiger partial charge in [-0.2, -0.15) is 0 Å². The Morgan fingerprint density at radius 1 is 1.19 bits per heavy atom. The molecule has 1 heterocycles. The number of benzene rings is 2. The average molecular weight is 282 g/mol. The second-order valence-corrected chi connectivity index (χ2v) is 4.72. The minimum Gasteiger partial charge on any atom is -0.494 e. The number of aromatic nitrogens is 1. The van der Waals surface area contributed by atoms with Gasteiger partial charge in [-0.05, 0) is 29.8 Å². The third-order valence-corrected chi connectivity index (χ3v) is 3.38. The fourth-order valence-electron chi connectivity index (χ4n) is 2.29. The van der Waals surface area contributed by atoms with Gasteiger partial charge in [0.25, 0.3) is 0 Å². The van der Waals surface area contributed by atoms with Crippen LogP contribution in [0.4, 0.5) is 10.1 Å². The van der Waals surface area contributed by atoms with Crippen molar-refractivity contribution in [3.63, 3.8) is 0 Å². The number of hydrogen-bond donors (Lipinski definition) is 1. The zero-order valence-electron chi connectivity index (χ0n) is 11.6. The van der Waals surface area contributed by atoms with Gasteiger partial charge >= 0.3 is 0 Å². The van der Waals surface area contributed by atoms with E-state index in [-0.39, 0.29) is 11.6 Å². The zero-order valence-corrected chi connectivity index (χ0v) is 11.6. The number of halogens is 1. The molecule has 0 aliphatic rings. The predicted octanol–water partition coefficient (Wildman–Crippen LogP) is 3.99. The van der Waals surface area contributed by atoms with Crippen molar-refractivity contribution >= 4 is 16.5 Å². The number of pyridine rings is 1. The highest BCUT2D eigenvalue weighted by atomic mass is 19.1. The smallest absolute Gasteiger partial charge is 0.165 e. The van der Waals surface area contributed by atoms with Gasteiger partial charge in [0, 0.05) is 35.4 Å². The van der Waals surface area contributed by atoms with Gasteiger partial charge < -0.3 is 10.1 Å². The zero-order chi connectivity index (χ0) is 14.7. The molecule has 0 saturated heterocycles. The number of nitrogens with one attached hydrogen (secondary N) is 1. The second kappa shape index (κ2) is 5.79. The number of hydrogen-bond acceptors (Lipinski definition) is 3. The molecule has 3 nitrogen and oxygen atoms in total. The van der Waals surface area contributed by atoms with Crippen LogP contribution in [0.5, 0.6) is 5.75 Å². The van der Waals surface area contributed by atoms with E-state index in [1.165, 1.54) is 13.2 Å². The highest BCUT2D eigenvalue weighted by Crippen LogP contribution is 2.23. The Hall–Kier alpha value is -2.62. The van der Waals surface area contributed by atoms with Crippen LogP contribution in [0.1, 0.15) is 5.56 Å². The van der Waals surface area contributed by atoms with Gasteiger partial charge in [0.1, 0.15) is 0 Å². The fraction of sp³-hybridized carbons (Fsp3) is 0.118. The molecule has 106 valence electrons. The van der Waals surface area contributed by atoms with Gasteiger partial charge in [0.2, 0.25) is 0 Å². The van der Waals surface area contributed by atoms with Crippen molar-refractivity contribution in [1.82, 2.24) is 4.98 Å². The van der Waals surface area contributed by atoms with Crippen molar-refractivity contribution in [2.45, 2.75) is 6.54 Å². The molecular weight excluding hydrogens is 267 g/mol. The van der Waals surface area contributed by atoms with Crippen LogP contribution in [0.3, 0.4) is 0 Å². The minimum atomic E-state index is -0.348. The van der Waals surface area contributed by atoms with E-state index in [0.29, 0.717) is 6.54 Å². The highest BCUT2D eigenvalue weighted by Gasteiger charge is 2.04. The first-order valence-electron chi connectivity index (χ1n) is 6.67. The van der Waals surface area contributed by atoms with Crippen LogP contribution >= 0.6 is 0 Å². The standard InChI is InChI=1S/C17H15FN2O/c1-21-17-6-5-12(9-15(17)18)10-20-16-4-2-3-13-11-19-8-7-14(13)16/h2-9,11,20H,10H2,1H3. The summed E-state index contributed by atoms with van der Waals surface area (Å²) in [7, 11) is 1.46. The number of anilines is 1. The third kappa shape index (κ3) is 2.79. The highest BCUT2D eigenvalue weighted by molar-refractivity contribution is 5.93. The van der Waals surface area contributed by atoms with Crippen molar-refractivity contribution in [2.24, 2.45) is 0 Å². The summed E-state index contributed by atoms with van der Waals surface area (Å²) in [5.74, 6) is -0.0890. The van der Waals surface area contributed by atoms with E-state index in [2.05, 4.69) is 10.3 Å². The van der Waals surface area contributed by atoms with Gasteiger partial charge in [-0.1, -0.05) is 18.2 Å². The molecule has 0 saturated carbocycles. The summed E-state index contributed by atoms with van der Waals surface area (Å²) in [6, 6.07) is 12.9. The van der Waals surface area contributed by atoms with Gasteiger partial charge in [-0.3, -0.25) is 4.98 Å². The monoisotopic (exact) mass is 282 g/mol. The molecule has 0 fully saturated rings. The van der Waals surface area contributed by atoms with Crippen LogP contribution in [0, 0.1) is 5.82 Å². The quantitative estimate of drug-likeness (QED) is 0.785. The first-order chi connectivity index (χ1) is 10.3. The SMILES string of the molecule is COc1ccc(CNc2cccc3cnccc23)cc1F. The van der Waals surface area contributed by atoms with Crippen molar-refractivity contribution in [3.05, 3.63) is 66.2 Å². The summed E-state index contributed by atoms with van der Waals surface area (Å²) >= 11 is 0. The number of methoxy groups -OCH3 is 1. The van der Waals surface area contributed by atoms with E-state index in [1.807, 2.05) is 36.5 Å². The van der Waals surface area contributed by atoms with Gasteiger partial charge in [0.05, 0.1) is 7.11 Å². The molecule has 4 heteroatoms. The van der Waals surface area contributed by atoms with Crippen LogP contribution in [-0.2, 0) is 6.54 Å². The average Bonchev–Trinajstić information content (AvgIpc) is 2.53. The first kappa shape index (κ1) is 13.4. The fourth-order valence-corrected chi connectivity index (χ4v) is 2.29. The summed E-state index contributed by atoms with van der Waals surface area (Å²) in [6.45, 7) is 0.544. The molecule has 1 aromatic heterocycles. The molecule has 0 aliphatic carbocycles. The summed E-state index contributed by atoms with van der Waals surface area (Å²) in [6.07, 6.45) is 3.59. The number of nitrogens with zero attached hydrogens (tertiary/aromatic N) is 1. The maximum absolute atomic E-state index is 13.7. The lowest BCUT2D eigenvalue weighted by molar-refractivity contribution is 0.386. The third-order valence-electron chi connectivity index (χ3n) is 3.38. The van der Waals surface area contributed by atoms with Crippen molar-refractivity contribution in [1.29, 1.82) is 0 Å². The van der Waals surface area contributed by atoms with Crippen LogP contribution in [-0.4, -0.2) is 12.1 Å². The lowest BCUT2D eigenvalue weighted by Gasteiger charge is -2.10. The molecule has 21 heavy (non-hydrogen) atoms. The minimum absolute atomic E-state index is 0.259. The molecular formula is C17H15FN2O. The predicted molar refractivity (Wildman–Crippen MR) is 82.0 cm³/mol. The van der Waals surface area contributed by atoms with E-state index < -0.39 is 0 Å². The van der Waals surface area contributed by atoms with Gasteiger partial charge in [-0.15, -0.1) is 0 Å². The van der Waals surface area contributed by atoms with Crippen LogP contribution in [0.2, 0.25) is 0 Å². The maximum atomic E-state index is 13.7. The Bertz CT molecular complexity index is 768. The van der Waals surface area contributed by atoms with Gasteiger partial charge in [0.15, 0.2) is 11.6 Å². The Morgan fingerprint density at radius 3 is 2.90 bits per heavy atom. The molecule has 0 amide bonds. The largest absolute Gasteiger partial charge is 0.494 e. The Balaban J connectivity index is 1.82. The first-order valence-corrected chi connectivity index (χ1v) is 6.67. The van der Waals surface area contributed by atoms with E-state index in [1.54, 1.807) is 12.3 Å². The molecule has 1 N–H and O–H groups in total. The second-order valence-electron chi connectivity index (χ2n) is 4.72. The topological polar surface area (TPSA) is 34.1 Å². The Kier molecular flexibility index (Phi) is 3.69. The number of fused-ring (bicyclic) bond motifs is 1. The number of rotatable bonds is 4. The van der Waals surface area contributed by atoms with Crippen LogP contribution in [0.15, 0.2) is 54.9 Å². The summed E-state index contributed by atoms with van der Waals surface area (Å²) in [4.78, 5) is 4.11. The van der Waals surface area contributed by atoms with Crippen molar-refractivity contribution < 1.29 is 9.13 Å². The maximum Gasteiger partial charge on any atom is 0.165 e. The number of ether oxygens (including phenoxy) is 1.